The van der Waals surface area contributed by atoms with Crippen molar-refractivity contribution in [2.45, 2.75) is 53.5 Å². The van der Waals surface area contributed by atoms with Crippen LogP contribution >= 0.6 is 11.9 Å². The molecule has 0 amide bonds. The Bertz CT molecular complexity index is 393. The van der Waals surface area contributed by atoms with Gasteiger partial charge in [0, 0.05) is 19.5 Å². The largest absolute Gasteiger partial charge is 0.331 e. The number of imidazole rings is 1. The second kappa shape index (κ2) is 10.9. The molecule has 1 N–H and O–H groups in total. The van der Waals surface area contributed by atoms with Gasteiger partial charge < -0.3 is 4.57 Å². The summed E-state index contributed by atoms with van der Waals surface area (Å²) < 4.78 is 5.41. The lowest BCUT2D eigenvalue weighted by molar-refractivity contribution is 0.577. The standard InChI is InChI=1S/C12H20N4S.C2H6/c1-4-12-15-11(9-13)10(2)16(12)8-6-5-7-14-17-3;1-2/h14H,4-8H2,1-3H3;1-2H3. The fourth-order valence-electron chi connectivity index (χ4n) is 1.83. The van der Waals surface area contributed by atoms with Crippen molar-refractivity contribution in [3.63, 3.8) is 0 Å². The maximum absolute atomic E-state index is 8.95. The van der Waals surface area contributed by atoms with E-state index in [4.69, 9.17) is 5.26 Å². The Morgan fingerprint density at radius 3 is 2.58 bits per heavy atom. The van der Waals surface area contributed by atoms with E-state index in [0.29, 0.717) is 5.69 Å². The monoisotopic (exact) mass is 282 g/mol. The molecule has 1 aromatic rings. The van der Waals surface area contributed by atoms with Crippen LogP contribution in [0.25, 0.3) is 0 Å². The molecule has 0 spiro atoms. The maximum Gasteiger partial charge on any atom is 0.161 e. The summed E-state index contributed by atoms with van der Waals surface area (Å²) in [4.78, 5) is 4.34. The molecule has 0 saturated heterocycles. The van der Waals surface area contributed by atoms with Crippen LogP contribution in [0.4, 0.5) is 0 Å². The third kappa shape index (κ3) is 5.66. The number of rotatable bonds is 7. The first-order valence-corrected chi connectivity index (χ1v) is 8.19. The Morgan fingerprint density at radius 1 is 1.37 bits per heavy atom. The topological polar surface area (TPSA) is 53.6 Å². The molecule has 19 heavy (non-hydrogen) atoms. The number of nitriles is 1. The van der Waals surface area contributed by atoms with Gasteiger partial charge >= 0.3 is 0 Å². The Hall–Kier alpha value is -0.990. The molecule has 0 saturated carbocycles. The van der Waals surface area contributed by atoms with Gasteiger partial charge in [-0.15, -0.1) is 0 Å². The molecule has 0 atom stereocenters. The van der Waals surface area contributed by atoms with Crippen LogP contribution in [0.2, 0.25) is 0 Å². The van der Waals surface area contributed by atoms with Gasteiger partial charge in [-0.05, 0) is 26.0 Å². The summed E-state index contributed by atoms with van der Waals surface area (Å²) in [7, 11) is 0. The highest BCUT2D eigenvalue weighted by Crippen LogP contribution is 2.12. The average Bonchev–Trinajstić information content (AvgIpc) is 2.77. The predicted octanol–water partition coefficient (Wildman–Crippen LogP) is 3.30. The molecule has 0 aliphatic heterocycles. The van der Waals surface area contributed by atoms with Crippen molar-refractivity contribution in [1.29, 1.82) is 5.26 Å². The van der Waals surface area contributed by atoms with Gasteiger partial charge in [0.05, 0.1) is 5.69 Å². The normalized spacial score (nSPS) is 9.68. The van der Waals surface area contributed by atoms with Crippen molar-refractivity contribution in [2.24, 2.45) is 0 Å². The Labute approximate surface area is 121 Å². The minimum absolute atomic E-state index is 0.573. The van der Waals surface area contributed by atoms with Crippen molar-refractivity contribution in [1.82, 2.24) is 14.3 Å². The average molecular weight is 282 g/mol. The molecule has 0 unspecified atom stereocenters. The number of nitrogens with zero attached hydrogens (tertiary/aromatic N) is 3. The SMILES string of the molecule is CC.CCc1nc(C#N)c(C)n1CCCCNSC. The highest BCUT2D eigenvalue weighted by atomic mass is 32.2. The summed E-state index contributed by atoms with van der Waals surface area (Å²) in [5.74, 6) is 1.02. The molecule has 4 nitrogen and oxygen atoms in total. The van der Waals surface area contributed by atoms with Crippen LogP contribution in [-0.2, 0) is 13.0 Å². The van der Waals surface area contributed by atoms with Gasteiger partial charge in [-0.25, -0.2) is 4.98 Å². The van der Waals surface area contributed by atoms with Crippen LogP contribution < -0.4 is 4.72 Å². The van der Waals surface area contributed by atoms with Gasteiger partial charge in [0.15, 0.2) is 5.69 Å². The number of aromatic nitrogens is 2. The molecule has 0 bridgehead atoms. The van der Waals surface area contributed by atoms with Crippen molar-refractivity contribution in [3.8, 4) is 6.07 Å². The van der Waals surface area contributed by atoms with Crippen molar-refractivity contribution in [2.75, 3.05) is 12.8 Å². The zero-order valence-corrected chi connectivity index (χ0v) is 13.6. The van der Waals surface area contributed by atoms with Crippen molar-refractivity contribution >= 4 is 11.9 Å². The van der Waals surface area contributed by atoms with E-state index in [2.05, 4.69) is 27.3 Å². The Balaban J connectivity index is 0.00000154. The summed E-state index contributed by atoms with van der Waals surface area (Å²) in [6, 6.07) is 2.15. The van der Waals surface area contributed by atoms with E-state index < -0.39 is 0 Å². The van der Waals surface area contributed by atoms with Gasteiger partial charge in [-0.2, -0.15) is 5.26 Å². The molecule has 0 radical (unpaired) electrons. The molecule has 5 heteroatoms. The third-order valence-corrected chi connectivity index (χ3v) is 3.27. The number of unbranched alkanes of at least 4 members (excludes halogenated alkanes) is 1. The Kier molecular flexibility index (Phi) is 10.3. The van der Waals surface area contributed by atoms with Crippen LogP contribution in [0.15, 0.2) is 0 Å². The van der Waals surface area contributed by atoms with E-state index in [1.165, 1.54) is 0 Å². The van der Waals surface area contributed by atoms with Gasteiger partial charge in [0.1, 0.15) is 11.9 Å². The van der Waals surface area contributed by atoms with E-state index in [-0.39, 0.29) is 0 Å². The second-order valence-corrected chi connectivity index (χ2v) is 4.58. The van der Waals surface area contributed by atoms with Crippen LogP contribution in [-0.4, -0.2) is 22.4 Å². The van der Waals surface area contributed by atoms with Crippen LogP contribution in [0.1, 0.15) is 50.8 Å². The molecule has 1 rings (SSSR count). The fraction of sp³-hybridized carbons (Fsp3) is 0.714. The summed E-state index contributed by atoms with van der Waals surface area (Å²) in [6.45, 7) is 10.0. The van der Waals surface area contributed by atoms with E-state index in [9.17, 15) is 0 Å². The van der Waals surface area contributed by atoms with Gasteiger partial charge in [0.25, 0.3) is 0 Å². The third-order valence-electron chi connectivity index (χ3n) is 2.78. The van der Waals surface area contributed by atoms with Crippen LogP contribution in [0, 0.1) is 18.3 Å². The molecule has 1 heterocycles. The van der Waals surface area contributed by atoms with Gasteiger partial charge in [0.2, 0.25) is 0 Å². The first kappa shape index (κ1) is 18.0. The summed E-state index contributed by atoms with van der Waals surface area (Å²) in [5.41, 5.74) is 1.58. The molecule has 108 valence electrons. The van der Waals surface area contributed by atoms with Crippen molar-refractivity contribution in [3.05, 3.63) is 17.2 Å². The van der Waals surface area contributed by atoms with Gasteiger partial charge in [-0.1, -0.05) is 32.7 Å². The fourth-order valence-corrected chi connectivity index (χ4v) is 2.18. The minimum atomic E-state index is 0.573. The highest BCUT2D eigenvalue weighted by Gasteiger charge is 2.11. The molecular formula is C14H26N4S. The first-order valence-electron chi connectivity index (χ1n) is 6.96. The first-order chi connectivity index (χ1) is 9.24. The summed E-state index contributed by atoms with van der Waals surface area (Å²) in [5, 5.41) is 8.95. The molecule has 0 fully saturated rings. The molecule has 0 aliphatic rings. The predicted molar refractivity (Wildman–Crippen MR) is 83.2 cm³/mol. The second-order valence-electron chi connectivity index (χ2n) is 3.88. The Morgan fingerprint density at radius 2 is 2.05 bits per heavy atom. The quantitative estimate of drug-likeness (QED) is 0.616. The number of hydrogen-bond donors (Lipinski definition) is 1. The van der Waals surface area contributed by atoms with E-state index >= 15 is 0 Å². The smallest absolute Gasteiger partial charge is 0.161 e. The lowest BCUT2D eigenvalue weighted by Crippen LogP contribution is -2.09. The summed E-state index contributed by atoms with van der Waals surface area (Å²) in [6.07, 6.45) is 5.17. The lowest BCUT2D eigenvalue weighted by atomic mass is 10.3. The van der Waals surface area contributed by atoms with E-state index in [1.807, 2.05) is 27.0 Å². The molecular weight excluding hydrogens is 256 g/mol. The molecule has 1 aromatic heterocycles. The molecule has 0 aromatic carbocycles. The van der Waals surface area contributed by atoms with Crippen LogP contribution in [0.5, 0.6) is 0 Å². The van der Waals surface area contributed by atoms with E-state index in [0.717, 1.165) is 43.9 Å². The van der Waals surface area contributed by atoms with Crippen molar-refractivity contribution < 1.29 is 0 Å². The highest BCUT2D eigenvalue weighted by molar-refractivity contribution is 7.96. The maximum atomic E-state index is 8.95. The zero-order valence-electron chi connectivity index (χ0n) is 12.8. The number of hydrogen-bond acceptors (Lipinski definition) is 4. The van der Waals surface area contributed by atoms with Gasteiger partial charge in [-0.3, -0.25) is 4.72 Å². The summed E-state index contributed by atoms with van der Waals surface area (Å²) >= 11 is 1.65. The number of aryl methyl sites for hydroxylation is 1. The lowest BCUT2D eigenvalue weighted by Gasteiger charge is -2.08. The van der Waals surface area contributed by atoms with E-state index in [1.54, 1.807) is 11.9 Å². The minimum Gasteiger partial charge on any atom is -0.331 e. The molecule has 0 aliphatic carbocycles. The number of nitrogens with one attached hydrogen (secondary N) is 1. The van der Waals surface area contributed by atoms with Crippen LogP contribution in [0.3, 0.4) is 0 Å². The zero-order chi connectivity index (χ0) is 14.7.